The molecule has 0 aliphatic heterocycles. The van der Waals surface area contributed by atoms with Crippen LogP contribution >= 0.6 is 11.8 Å². The first-order chi connectivity index (χ1) is 17.0. The van der Waals surface area contributed by atoms with Gasteiger partial charge in [0.15, 0.2) is 17.4 Å². The van der Waals surface area contributed by atoms with Gasteiger partial charge in [0.25, 0.3) is 0 Å². The van der Waals surface area contributed by atoms with Gasteiger partial charge in [0.2, 0.25) is 0 Å². The quantitative estimate of drug-likeness (QED) is 0.234. The normalized spacial score (nSPS) is 11.1. The van der Waals surface area contributed by atoms with E-state index in [-0.39, 0.29) is 18.3 Å². The highest BCUT2D eigenvalue weighted by Gasteiger charge is 2.25. The summed E-state index contributed by atoms with van der Waals surface area (Å²) in [6, 6.07) is 21.0. The number of rotatable bonds is 9. The molecule has 4 rings (SSSR count). The monoisotopic (exact) mass is 487 g/mol. The first kappa shape index (κ1) is 24.7. The van der Waals surface area contributed by atoms with Crippen LogP contribution < -0.4 is 4.74 Å². The van der Waals surface area contributed by atoms with Crippen LogP contribution in [0.3, 0.4) is 0 Å². The molecule has 4 aromatic rings. The van der Waals surface area contributed by atoms with Gasteiger partial charge in [-0.2, -0.15) is 0 Å². The highest BCUT2D eigenvalue weighted by atomic mass is 32.2. The van der Waals surface area contributed by atoms with Crippen molar-refractivity contribution in [3.63, 3.8) is 0 Å². The van der Waals surface area contributed by atoms with Gasteiger partial charge in [-0.3, -0.25) is 9.36 Å². The van der Waals surface area contributed by atoms with Gasteiger partial charge in [0.05, 0.1) is 12.3 Å². The lowest BCUT2D eigenvalue weighted by atomic mass is 9.94. The van der Waals surface area contributed by atoms with Gasteiger partial charge in [-0.1, -0.05) is 56.3 Å². The molecule has 1 N–H and O–H groups in total. The highest BCUT2D eigenvalue weighted by Crippen LogP contribution is 2.35. The molecule has 180 valence electrons. The lowest BCUT2D eigenvalue weighted by Crippen LogP contribution is -2.13. The molecule has 7 heteroatoms. The summed E-state index contributed by atoms with van der Waals surface area (Å²) >= 11 is 1.59. The Morgan fingerprint density at radius 3 is 2.49 bits per heavy atom. The van der Waals surface area contributed by atoms with Crippen LogP contribution in [0.1, 0.15) is 54.0 Å². The maximum absolute atomic E-state index is 14.0. The summed E-state index contributed by atoms with van der Waals surface area (Å²) in [4.78, 5) is 15.0. The van der Waals surface area contributed by atoms with E-state index in [0.717, 1.165) is 16.0 Å². The molecular weight excluding hydrogens is 458 g/mol. The third kappa shape index (κ3) is 5.01. The number of nitrogens with zero attached hydrogens (tertiary/aromatic N) is 3. The minimum absolute atomic E-state index is 0.113. The second-order valence-electron chi connectivity index (χ2n) is 8.36. The van der Waals surface area contributed by atoms with Gasteiger partial charge < -0.3 is 9.84 Å². The molecule has 1 aromatic heterocycles. The third-order valence-electron chi connectivity index (χ3n) is 5.77. The van der Waals surface area contributed by atoms with Gasteiger partial charge in [-0.05, 0) is 42.9 Å². The number of ether oxygens (including phenoxy) is 1. The zero-order valence-corrected chi connectivity index (χ0v) is 21.2. The fraction of sp³-hybridized carbons (Fsp3) is 0.250. The summed E-state index contributed by atoms with van der Waals surface area (Å²) in [6.45, 7) is 6.25. The molecule has 0 unspecified atom stereocenters. The number of ketones is 1. The van der Waals surface area contributed by atoms with Crippen molar-refractivity contribution < 1.29 is 14.6 Å². The maximum atomic E-state index is 14.0. The van der Waals surface area contributed by atoms with Crippen molar-refractivity contribution in [1.82, 2.24) is 14.8 Å². The van der Waals surface area contributed by atoms with Crippen molar-refractivity contribution >= 4 is 17.5 Å². The number of thioether (sulfide) groups is 1. The van der Waals surface area contributed by atoms with Crippen molar-refractivity contribution in [3.8, 4) is 22.8 Å². The van der Waals surface area contributed by atoms with Crippen molar-refractivity contribution in [2.75, 3.05) is 12.9 Å². The smallest absolute Gasteiger partial charge is 0.195 e. The van der Waals surface area contributed by atoms with Gasteiger partial charge >= 0.3 is 0 Å². The predicted molar refractivity (Wildman–Crippen MR) is 140 cm³/mol. The summed E-state index contributed by atoms with van der Waals surface area (Å²) in [7, 11) is 0. The predicted octanol–water partition coefficient (Wildman–Crippen LogP) is 5.90. The topological polar surface area (TPSA) is 77.2 Å². The zero-order valence-electron chi connectivity index (χ0n) is 20.4. The van der Waals surface area contributed by atoms with Crippen LogP contribution in [-0.2, 0) is 6.61 Å². The highest BCUT2D eigenvalue weighted by molar-refractivity contribution is 7.98. The van der Waals surface area contributed by atoms with Crippen LogP contribution in [-0.4, -0.2) is 38.5 Å². The Morgan fingerprint density at radius 1 is 1.06 bits per heavy atom. The van der Waals surface area contributed by atoms with Crippen LogP contribution in [0, 0.1) is 0 Å². The fourth-order valence-electron chi connectivity index (χ4n) is 4.05. The van der Waals surface area contributed by atoms with Gasteiger partial charge in [-0.25, -0.2) is 0 Å². The first-order valence-electron chi connectivity index (χ1n) is 11.6. The van der Waals surface area contributed by atoms with E-state index in [1.54, 1.807) is 16.3 Å². The molecular formula is C28H29N3O3S. The molecule has 0 saturated heterocycles. The Labute approximate surface area is 210 Å². The van der Waals surface area contributed by atoms with E-state index < -0.39 is 0 Å². The van der Waals surface area contributed by atoms with Crippen molar-refractivity contribution in [2.24, 2.45) is 0 Å². The average molecular weight is 488 g/mol. The Hall–Kier alpha value is -3.42. The number of hydrogen-bond donors (Lipinski definition) is 1. The van der Waals surface area contributed by atoms with Crippen molar-refractivity contribution in [3.05, 3.63) is 89.2 Å². The number of hydrogen-bond acceptors (Lipinski definition) is 6. The molecule has 0 amide bonds. The Balaban J connectivity index is 2.02. The van der Waals surface area contributed by atoms with E-state index in [2.05, 4.69) is 24.0 Å². The van der Waals surface area contributed by atoms with Crippen LogP contribution in [0.2, 0.25) is 0 Å². The van der Waals surface area contributed by atoms with Gasteiger partial charge in [-0.15, -0.1) is 22.0 Å². The molecule has 3 aromatic carbocycles. The van der Waals surface area contributed by atoms with Crippen LogP contribution in [0.4, 0.5) is 0 Å². The number of aliphatic hydroxyl groups excluding tert-OH is 1. The van der Waals surface area contributed by atoms with E-state index in [4.69, 9.17) is 4.74 Å². The van der Waals surface area contributed by atoms with Gasteiger partial charge in [0, 0.05) is 27.7 Å². The molecule has 1 heterocycles. The molecule has 0 atom stereocenters. The summed E-state index contributed by atoms with van der Waals surface area (Å²) in [5.74, 6) is 1.61. The number of aromatic nitrogens is 3. The molecule has 0 fully saturated rings. The maximum Gasteiger partial charge on any atom is 0.195 e. The standard InChI is InChI=1S/C28H29N3O3S/c1-5-34-25-16-24(31-26(17-32)29-30-28(31)19-10-7-6-8-11-19)23(15-22(25)18(2)3)27(33)20-12-9-13-21(14-20)35-4/h6-16,18,32H,5,17H2,1-4H3. The van der Waals surface area contributed by atoms with E-state index in [9.17, 15) is 9.90 Å². The lowest BCUT2D eigenvalue weighted by Gasteiger charge is -2.20. The SMILES string of the molecule is CCOc1cc(-n2c(CO)nnc2-c2ccccc2)c(C(=O)c2cccc(SC)c2)cc1C(C)C. The second-order valence-corrected chi connectivity index (χ2v) is 9.24. The summed E-state index contributed by atoms with van der Waals surface area (Å²) in [5.41, 5.74) is 3.44. The fourth-order valence-corrected chi connectivity index (χ4v) is 4.51. The average Bonchev–Trinajstić information content (AvgIpc) is 3.32. The Morgan fingerprint density at radius 2 is 1.83 bits per heavy atom. The van der Waals surface area contributed by atoms with Crippen molar-refractivity contribution in [2.45, 2.75) is 38.2 Å². The second kappa shape index (κ2) is 10.9. The number of benzene rings is 3. The third-order valence-corrected chi connectivity index (χ3v) is 6.50. The molecule has 0 spiro atoms. The molecule has 6 nitrogen and oxygen atoms in total. The number of aliphatic hydroxyl groups is 1. The summed E-state index contributed by atoms with van der Waals surface area (Å²) in [6.07, 6.45) is 1.99. The molecule has 0 radical (unpaired) electrons. The molecule has 0 aliphatic carbocycles. The summed E-state index contributed by atoms with van der Waals surface area (Å²) in [5, 5.41) is 18.7. The van der Waals surface area contributed by atoms with Crippen LogP contribution in [0.15, 0.2) is 71.6 Å². The Kier molecular flexibility index (Phi) is 7.68. The summed E-state index contributed by atoms with van der Waals surface area (Å²) < 4.78 is 7.76. The minimum Gasteiger partial charge on any atom is -0.494 e. The molecule has 35 heavy (non-hydrogen) atoms. The molecule has 0 aliphatic rings. The molecule has 0 bridgehead atoms. The number of carbonyl (C=O) groups is 1. The minimum atomic E-state index is -0.328. The van der Waals surface area contributed by atoms with Crippen molar-refractivity contribution in [1.29, 1.82) is 0 Å². The Bertz CT molecular complexity index is 1330. The van der Waals surface area contributed by atoms with E-state index >= 15 is 0 Å². The zero-order chi connectivity index (χ0) is 24.9. The van der Waals surface area contributed by atoms with Crippen LogP contribution in [0.5, 0.6) is 5.75 Å². The van der Waals surface area contributed by atoms with E-state index in [0.29, 0.717) is 40.8 Å². The van der Waals surface area contributed by atoms with E-state index in [1.807, 2.05) is 79.9 Å². The number of carbonyl (C=O) groups excluding carboxylic acids is 1. The van der Waals surface area contributed by atoms with Crippen LogP contribution in [0.25, 0.3) is 17.1 Å². The lowest BCUT2D eigenvalue weighted by molar-refractivity contribution is 0.103. The first-order valence-corrected chi connectivity index (χ1v) is 12.8. The van der Waals surface area contributed by atoms with E-state index in [1.165, 1.54) is 0 Å². The van der Waals surface area contributed by atoms with Gasteiger partial charge in [0.1, 0.15) is 12.4 Å². The molecule has 0 saturated carbocycles. The largest absolute Gasteiger partial charge is 0.494 e.